The van der Waals surface area contributed by atoms with Crippen LogP contribution in [-0.2, 0) is 9.53 Å². The fourth-order valence-corrected chi connectivity index (χ4v) is 4.01. The van der Waals surface area contributed by atoms with Crippen molar-refractivity contribution in [2.75, 3.05) is 31.7 Å². The first-order valence-corrected chi connectivity index (χ1v) is 11.4. The van der Waals surface area contributed by atoms with Crippen LogP contribution < -0.4 is 5.32 Å². The Morgan fingerprint density at radius 1 is 1.21 bits per heavy atom. The van der Waals surface area contributed by atoms with Crippen molar-refractivity contribution in [2.45, 2.75) is 18.6 Å². The fraction of sp³-hybridized carbons (Fsp3) is 0.364. The molecule has 2 atom stereocenters. The van der Waals surface area contributed by atoms with Crippen LogP contribution in [0.5, 0.6) is 0 Å². The molecule has 0 spiro atoms. The molecule has 154 valence electrons. The number of rotatable bonds is 7. The molecule has 2 amide bonds. The number of halogens is 1. The molecule has 1 N–H and O–H groups in total. The van der Waals surface area contributed by atoms with Gasteiger partial charge in [-0.05, 0) is 36.1 Å². The Labute approximate surface area is 180 Å². The number of nitrogens with one attached hydrogen (secondary N) is 1. The highest BCUT2D eigenvalue weighted by molar-refractivity contribution is 7.98. The number of hydrogen-bond donors (Lipinski definition) is 1. The molecule has 2 aromatic rings. The molecule has 0 aliphatic carbocycles. The van der Waals surface area contributed by atoms with Crippen LogP contribution in [0.3, 0.4) is 0 Å². The Morgan fingerprint density at radius 3 is 2.66 bits per heavy atom. The van der Waals surface area contributed by atoms with Gasteiger partial charge in [-0.2, -0.15) is 11.8 Å². The Hall–Kier alpha value is -2.02. The van der Waals surface area contributed by atoms with Gasteiger partial charge < -0.3 is 15.0 Å². The summed E-state index contributed by atoms with van der Waals surface area (Å²) in [5, 5.41) is 3.26. The van der Waals surface area contributed by atoms with Crippen molar-refractivity contribution in [1.29, 1.82) is 0 Å². The molecule has 1 fully saturated rings. The molecule has 2 aromatic carbocycles. The minimum Gasteiger partial charge on any atom is -0.370 e. The summed E-state index contributed by atoms with van der Waals surface area (Å²) in [5.74, 6) is 0.359. The molecule has 7 heteroatoms. The molecule has 1 saturated heterocycles. The summed E-state index contributed by atoms with van der Waals surface area (Å²) in [6, 6.07) is 16.1. The Morgan fingerprint density at radius 2 is 1.93 bits per heavy atom. The molecule has 0 aromatic heterocycles. The molecule has 5 nitrogen and oxygen atoms in total. The van der Waals surface area contributed by atoms with Crippen LogP contribution >= 0.6 is 23.4 Å². The highest BCUT2D eigenvalue weighted by atomic mass is 35.5. The van der Waals surface area contributed by atoms with Crippen LogP contribution in [0.4, 0.5) is 0 Å². The highest BCUT2D eigenvalue weighted by Gasteiger charge is 2.31. The third kappa shape index (κ3) is 5.75. The third-order valence-electron chi connectivity index (χ3n) is 4.88. The van der Waals surface area contributed by atoms with E-state index in [1.807, 2.05) is 36.6 Å². The van der Waals surface area contributed by atoms with Gasteiger partial charge in [-0.3, -0.25) is 9.59 Å². The number of thioether (sulfide) groups is 1. The minimum absolute atomic E-state index is 0.0799. The van der Waals surface area contributed by atoms with E-state index in [-0.39, 0.29) is 17.9 Å². The van der Waals surface area contributed by atoms with Gasteiger partial charge >= 0.3 is 0 Å². The average molecular weight is 433 g/mol. The summed E-state index contributed by atoms with van der Waals surface area (Å²) in [5.41, 5.74) is 1.42. The molecule has 1 heterocycles. The van der Waals surface area contributed by atoms with Crippen LogP contribution in [0.1, 0.15) is 28.4 Å². The van der Waals surface area contributed by atoms with E-state index >= 15 is 0 Å². The van der Waals surface area contributed by atoms with Gasteiger partial charge in [0.2, 0.25) is 5.91 Å². The first-order chi connectivity index (χ1) is 14.1. The van der Waals surface area contributed by atoms with Gasteiger partial charge in [0, 0.05) is 6.54 Å². The van der Waals surface area contributed by atoms with E-state index in [1.54, 1.807) is 40.9 Å². The summed E-state index contributed by atoms with van der Waals surface area (Å²) < 4.78 is 5.87. The SMILES string of the molecule is CSCC[C@H](NC(=O)c1ccccc1Cl)C(=O)N1CCO[C@H](c2ccccc2)C1. The lowest BCUT2D eigenvalue weighted by molar-refractivity contribution is -0.141. The summed E-state index contributed by atoms with van der Waals surface area (Å²) in [6.07, 6.45) is 2.38. The molecule has 1 aliphatic heterocycles. The summed E-state index contributed by atoms with van der Waals surface area (Å²) in [4.78, 5) is 27.8. The van der Waals surface area contributed by atoms with Gasteiger partial charge in [0.1, 0.15) is 12.1 Å². The zero-order chi connectivity index (χ0) is 20.6. The lowest BCUT2D eigenvalue weighted by Crippen LogP contribution is -2.52. The minimum atomic E-state index is -0.597. The van der Waals surface area contributed by atoms with Crippen molar-refractivity contribution in [3.8, 4) is 0 Å². The van der Waals surface area contributed by atoms with E-state index in [9.17, 15) is 9.59 Å². The first-order valence-electron chi connectivity index (χ1n) is 9.60. The molecular weight excluding hydrogens is 408 g/mol. The van der Waals surface area contributed by atoms with E-state index in [0.717, 1.165) is 11.3 Å². The Bertz CT molecular complexity index is 834. The Balaban J connectivity index is 1.71. The maximum absolute atomic E-state index is 13.2. The van der Waals surface area contributed by atoms with E-state index in [1.165, 1.54) is 0 Å². The molecule has 0 bridgehead atoms. The average Bonchev–Trinajstić information content (AvgIpc) is 2.77. The van der Waals surface area contributed by atoms with Crippen LogP contribution in [0.25, 0.3) is 0 Å². The quantitative estimate of drug-likeness (QED) is 0.723. The maximum atomic E-state index is 13.2. The fourth-order valence-electron chi connectivity index (χ4n) is 3.31. The summed E-state index contributed by atoms with van der Waals surface area (Å²) >= 11 is 7.79. The summed E-state index contributed by atoms with van der Waals surface area (Å²) in [6.45, 7) is 1.46. The predicted molar refractivity (Wildman–Crippen MR) is 117 cm³/mol. The van der Waals surface area contributed by atoms with Crippen molar-refractivity contribution in [3.63, 3.8) is 0 Å². The van der Waals surface area contributed by atoms with Crippen molar-refractivity contribution in [2.24, 2.45) is 0 Å². The van der Waals surface area contributed by atoms with Gasteiger partial charge in [0.15, 0.2) is 0 Å². The predicted octanol–water partition coefficient (Wildman–Crippen LogP) is 3.79. The second-order valence-electron chi connectivity index (χ2n) is 6.84. The molecule has 29 heavy (non-hydrogen) atoms. The van der Waals surface area contributed by atoms with Gasteiger partial charge in [0.25, 0.3) is 5.91 Å². The van der Waals surface area contributed by atoms with Crippen LogP contribution in [0.15, 0.2) is 54.6 Å². The van der Waals surface area contributed by atoms with Crippen LogP contribution in [0.2, 0.25) is 5.02 Å². The van der Waals surface area contributed by atoms with E-state index in [0.29, 0.717) is 36.7 Å². The first kappa shape index (κ1) is 21.7. The van der Waals surface area contributed by atoms with Crippen molar-refractivity contribution in [3.05, 3.63) is 70.7 Å². The number of benzene rings is 2. The van der Waals surface area contributed by atoms with Crippen LogP contribution in [-0.4, -0.2) is 54.5 Å². The number of ether oxygens (including phenoxy) is 1. The Kier molecular flexibility index (Phi) is 7.98. The lowest BCUT2D eigenvalue weighted by Gasteiger charge is -2.35. The molecule has 3 rings (SSSR count). The number of hydrogen-bond acceptors (Lipinski definition) is 4. The summed E-state index contributed by atoms with van der Waals surface area (Å²) in [7, 11) is 0. The monoisotopic (exact) mass is 432 g/mol. The second-order valence-corrected chi connectivity index (χ2v) is 8.23. The topological polar surface area (TPSA) is 58.6 Å². The number of nitrogens with zero attached hydrogens (tertiary/aromatic N) is 1. The normalized spacial score (nSPS) is 17.6. The van der Waals surface area contributed by atoms with Crippen LogP contribution in [0, 0.1) is 0 Å². The largest absolute Gasteiger partial charge is 0.370 e. The molecule has 0 radical (unpaired) electrons. The van der Waals surface area contributed by atoms with Gasteiger partial charge in [-0.1, -0.05) is 54.1 Å². The molecule has 1 aliphatic rings. The lowest BCUT2D eigenvalue weighted by atomic mass is 10.1. The van der Waals surface area contributed by atoms with Crippen molar-refractivity contribution < 1.29 is 14.3 Å². The number of amides is 2. The number of carbonyl (C=O) groups excluding carboxylic acids is 2. The zero-order valence-corrected chi connectivity index (χ0v) is 17.9. The molecule has 0 saturated carbocycles. The molecular formula is C22H25ClN2O3S. The number of morpholine rings is 1. The van der Waals surface area contributed by atoms with E-state index in [2.05, 4.69) is 5.32 Å². The van der Waals surface area contributed by atoms with Gasteiger partial charge in [-0.25, -0.2) is 0 Å². The smallest absolute Gasteiger partial charge is 0.253 e. The van der Waals surface area contributed by atoms with Crippen molar-refractivity contribution in [1.82, 2.24) is 10.2 Å². The van der Waals surface area contributed by atoms with Gasteiger partial charge in [-0.15, -0.1) is 0 Å². The third-order valence-corrected chi connectivity index (χ3v) is 5.86. The zero-order valence-electron chi connectivity index (χ0n) is 16.3. The second kappa shape index (κ2) is 10.7. The van der Waals surface area contributed by atoms with E-state index in [4.69, 9.17) is 16.3 Å². The standard InChI is InChI=1S/C22H25ClN2O3S/c1-29-14-11-19(24-21(26)17-9-5-6-10-18(17)23)22(27)25-12-13-28-20(15-25)16-7-3-2-4-8-16/h2-10,19-20H,11-15H2,1H3,(H,24,26)/t19-,20-/m0/s1. The van der Waals surface area contributed by atoms with E-state index < -0.39 is 6.04 Å². The molecule has 0 unspecified atom stereocenters. The highest BCUT2D eigenvalue weighted by Crippen LogP contribution is 2.23. The number of carbonyl (C=O) groups is 2. The van der Waals surface area contributed by atoms with Gasteiger partial charge in [0.05, 0.1) is 23.7 Å². The van der Waals surface area contributed by atoms with Crippen molar-refractivity contribution >= 4 is 35.2 Å². The maximum Gasteiger partial charge on any atom is 0.253 e.